The van der Waals surface area contributed by atoms with Crippen LogP contribution in [0.1, 0.15) is 11.1 Å². The molecule has 0 aliphatic rings. The predicted octanol–water partition coefficient (Wildman–Crippen LogP) is 3.07. The normalized spacial score (nSPS) is 10.3. The van der Waals surface area contributed by atoms with Gasteiger partial charge in [-0.3, -0.25) is 0 Å². The van der Waals surface area contributed by atoms with E-state index < -0.39 is 0 Å². The van der Waals surface area contributed by atoms with Gasteiger partial charge in [0.15, 0.2) is 5.82 Å². The summed E-state index contributed by atoms with van der Waals surface area (Å²) in [7, 11) is 0. The number of rotatable bonds is 2. The molecule has 88 valence electrons. The van der Waals surface area contributed by atoms with Gasteiger partial charge in [0.2, 0.25) is 0 Å². The van der Waals surface area contributed by atoms with E-state index in [1.807, 2.05) is 19.1 Å². The smallest absolute Gasteiger partial charge is 0.154 e. The van der Waals surface area contributed by atoms with Crippen LogP contribution < -0.4 is 11.1 Å². The molecular formula is C12H13ClN4. The van der Waals surface area contributed by atoms with Crippen molar-refractivity contribution in [1.29, 1.82) is 0 Å². The third-order valence-electron chi connectivity index (χ3n) is 2.67. The Kier molecular flexibility index (Phi) is 3.15. The summed E-state index contributed by atoms with van der Waals surface area (Å²) in [6.45, 7) is 4.09. The molecule has 0 radical (unpaired) electrons. The number of hydrogen-bond donors (Lipinski definition) is 2. The molecule has 2 rings (SSSR count). The molecule has 0 fully saturated rings. The summed E-state index contributed by atoms with van der Waals surface area (Å²) >= 11 is 6.02. The lowest BCUT2D eigenvalue weighted by Crippen LogP contribution is -2.01. The number of aromatic nitrogens is 2. The van der Waals surface area contributed by atoms with Crippen LogP contribution in [0.3, 0.4) is 0 Å². The second-order valence-corrected chi connectivity index (χ2v) is 4.17. The fraction of sp³-hybridized carbons (Fsp3) is 0.167. The molecular weight excluding hydrogens is 236 g/mol. The highest BCUT2D eigenvalue weighted by atomic mass is 35.5. The number of nitrogens with one attached hydrogen (secondary N) is 1. The maximum Gasteiger partial charge on any atom is 0.154 e. The Morgan fingerprint density at radius 3 is 2.76 bits per heavy atom. The summed E-state index contributed by atoms with van der Waals surface area (Å²) in [5.74, 6) is 0.794. The van der Waals surface area contributed by atoms with E-state index >= 15 is 0 Å². The van der Waals surface area contributed by atoms with Crippen molar-refractivity contribution in [2.24, 2.45) is 0 Å². The minimum atomic E-state index is 0.273. The molecule has 4 nitrogen and oxygen atoms in total. The maximum atomic E-state index is 6.02. The molecule has 0 aliphatic heterocycles. The van der Waals surface area contributed by atoms with Crippen molar-refractivity contribution in [1.82, 2.24) is 9.97 Å². The number of hydrogen-bond acceptors (Lipinski definition) is 4. The van der Waals surface area contributed by atoms with Crippen molar-refractivity contribution in [2.45, 2.75) is 13.8 Å². The second-order valence-electron chi connectivity index (χ2n) is 3.79. The zero-order valence-corrected chi connectivity index (χ0v) is 10.4. The molecule has 0 aliphatic carbocycles. The topological polar surface area (TPSA) is 63.8 Å². The van der Waals surface area contributed by atoms with Crippen LogP contribution in [0.25, 0.3) is 0 Å². The first-order valence-electron chi connectivity index (χ1n) is 5.19. The lowest BCUT2D eigenvalue weighted by atomic mass is 10.1. The molecule has 0 saturated heterocycles. The first-order chi connectivity index (χ1) is 8.09. The van der Waals surface area contributed by atoms with Crippen LogP contribution >= 0.6 is 11.6 Å². The highest BCUT2D eigenvalue weighted by Crippen LogP contribution is 2.28. The second kappa shape index (κ2) is 4.59. The van der Waals surface area contributed by atoms with Gasteiger partial charge in [-0.05, 0) is 31.0 Å². The molecule has 0 spiro atoms. The van der Waals surface area contributed by atoms with Crippen molar-refractivity contribution < 1.29 is 0 Å². The number of halogens is 1. The number of benzene rings is 1. The Morgan fingerprint density at radius 2 is 2.00 bits per heavy atom. The lowest BCUT2D eigenvalue weighted by molar-refractivity contribution is 1.17. The average Bonchev–Trinajstić information content (AvgIpc) is 2.31. The molecule has 1 aromatic heterocycles. The highest BCUT2D eigenvalue weighted by molar-refractivity contribution is 6.35. The Labute approximate surface area is 105 Å². The van der Waals surface area contributed by atoms with Gasteiger partial charge < -0.3 is 11.1 Å². The third kappa shape index (κ3) is 2.31. The standard InChI is InChI=1S/C12H13ClN4/c1-7-4-3-5-9(8(7)2)17-12-10(13)11(14)15-6-16-12/h3-6H,1-2H3,(H3,14,15,16,17). The van der Waals surface area contributed by atoms with E-state index in [1.165, 1.54) is 11.9 Å². The molecule has 1 aromatic carbocycles. The van der Waals surface area contributed by atoms with Crippen LogP contribution in [-0.4, -0.2) is 9.97 Å². The number of nitrogen functional groups attached to an aromatic ring is 1. The summed E-state index contributed by atoms with van der Waals surface area (Å²) in [6.07, 6.45) is 1.38. The third-order valence-corrected chi connectivity index (χ3v) is 3.05. The van der Waals surface area contributed by atoms with Gasteiger partial charge in [-0.25, -0.2) is 9.97 Å². The molecule has 3 N–H and O–H groups in total. The summed E-state index contributed by atoms with van der Waals surface area (Å²) in [4.78, 5) is 7.89. The van der Waals surface area contributed by atoms with Gasteiger partial charge in [0.1, 0.15) is 17.2 Å². The summed E-state index contributed by atoms with van der Waals surface area (Å²) < 4.78 is 0. The average molecular weight is 249 g/mol. The minimum Gasteiger partial charge on any atom is -0.382 e. The molecule has 1 heterocycles. The quantitative estimate of drug-likeness (QED) is 0.857. The fourth-order valence-electron chi connectivity index (χ4n) is 1.48. The van der Waals surface area contributed by atoms with E-state index in [0.29, 0.717) is 10.8 Å². The molecule has 0 bridgehead atoms. The number of aryl methyl sites for hydroxylation is 1. The van der Waals surface area contributed by atoms with Crippen LogP contribution in [0.15, 0.2) is 24.5 Å². The maximum absolute atomic E-state index is 6.02. The van der Waals surface area contributed by atoms with Crippen LogP contribution in [0.2, 0.25) is 5.02 Å². The van der Waals surface area contributed by atoms with Crippen molar-refractivity contribution in [3.05, 3.63) is 40.7 Å². The first kappa shape index (κ1) is 11.7. The molecule has 2 aromatic rings. The van der Waals surface area contributed by atoms with Gasteiger partial charge in [-0.15, -0.1) is 0 Å². The molecule has 0 saturated carbocycles. The van der Waals surface area contributed by atoms with E-state index in [9.17, 15) is 0 Å². The zero-order chi connectivity index (χ0) is 12.4. The fourth-order valence-corrected chi connectivity index (χ4v) is 1.63. The largest absolute Gasteiger partial charge is 0.382 e. The molecule has 0 unspecified atom stereocenters. The van der Waals surface area contributed by atoms with Gasteiger partial charge >= 0.3 is 0 Å². The number of anilines is 3. The molecule has 17 heavy (non-hydrogen) atoms. The first-order valence-corrected chi connectivity index (χ1v) is 5.56. The Hall–Kier alpha value is -1.81. The van der Waals surface area contributed by atoms with Crippen LogP contribution in [-0.2, 0) is 0 Å². The van der Waals surface area contributed by atoms with E-state index in [4.69, 9.17) is 17.3 Å². The lowest BCUT2D eigenvalue weighted by Gasteiger charge is -2.12. The van der Waals surface area contributed by atoms with Gasteiger partial charge in [-0.2, -0.15) is 0 Å². The summed E-state index contributed by atoms with van der Waals surface area (Å²) in [5.41, 5.74) is 8.94. The molecule has 5 heteroatoms. The number of nitrogens with zero attached hydrogens (tertiary/aromatic N) is 2. The van der Waals surface area contributed by atoms with Gasteiger partial charge in [-0.1, -0.05) is 23.7 Å². The van der Waals surface area contributed by atoms with Crippen LogP contribution in [0.4, 0.5) is 17.3 Å². The van der Waals surface area contributed by atoms with E-state index in [2.05, 4.69) is 28.3 Å². The van der Waals surface area contributed by atoms with Crippen molar-refractivity contribution in [3.63, 3.8) is 0 Å². The molecule has 0 atom stereocenters. The molecule has 0 amide bonds. The predicted molar refractivity (Wildman–Crippen MR) is 70.7 cm³/mol. The number of nitrogens with two attached hydrogens (primary N) is 1. The zero-order valence-electron chi connectivity index (χ0n) is 9.66. The summed E-state index contributed by atoms with van der Waals surface area (Å²) in [6, 6.07) is 6.00. The van der Waals surface area contributed by atoms with E-state index in [-0.39, 0.29) is 5.82 Å². The minimum absolute atomic E-state index is 0.273. The van der Waals surface area contributed by atoms with Gasteiger partial charge in [0.05, 0.1) is 0 Å². The SMILES string of the molecule is Cc1cccc(Nc2ncnc(N)c2Cl)c1C. The summed E-state index contributed by atoms with van der Waals surface area (Å²) in [5, 5.41) is 3.50. The van der Waals surface area contributed by atoms with Crippen LogP contribution in [0, 0.1) is 13.8 Å². The van der Waals surface area contributed by atoms with Crippen molar-refractivity contribution in [2.75, 3.05) is 11.1 Å². The Balaban J connectivity index is 2.38. The Morgan fingerprint density at radius 1 is 1.24 bits per heavy atom. The Bertz CT molecular complexity index is 505. The van der Waals surface area contributed by atoms with Crippen molar-refractivity contribution >= 4 is 28.9 Å². The van der Waals surface area contributed by atoms with Gasteiger partial charge in [0, 0.05) is 5.69 Å². The van der Waals surface area contributed by atoms with E-state index in [1.54, 1.807) is 0 Å². The van der Waals surface area contributed by atoms with Crippen LogP contribution in [0.5, 0.6) is 0 Å². The highest BCUT2D eigenvalue weighted by Gasteiger charge is 2.08. The monoisotopic (exact) mass is 248 g/mol. The van der Waals surface area contributed by atoms with Gasteiger partial charge in [0.25, 0.3) is 0 Å². The van der Waals surface area contributed by atoms with E-state index in [0.717, 1.165) is 11.3 Å². The van der Waals surface area contributed by atoms with Crippen molar-refractivity contribution in [3.8, 4) is 0 Å².